The summed E-state index contributed by atoms with van der Waals surface area (Å²) >= 11 is 1.46. The van der Waals surface area contributed by atoms with Gasteiger partial charge in [0.1, 0.15) is 11.1 Å². The number of nitrogens with zero attached hydrogens (tertiary/aromatic N) is 2. The van der Waals surface area contributed by atoms with Gasteiger partial charge in [0.25, 0.3) is 0 Å². The smallest absolute Gasteiger partial charge is 0.344 e. The Kier molecular flexibility index (Phi) is 5.77. The van der Waals surface area contributed by atoms with Crippen molar-refractivity contribution < 1.29 is 14.3 Å². The van der Waals surface area contributed by atoms with Crippen LogP contribution in [0.4, 0.5) is 0 Å². The van der Waals surface area contributed by atoms with E-state index < -0.39 is 5.97 Å². The molecule has 0 fully saturated rings. The number of fused-ring (bicyclic) bond motifs is 2. The van der Waals surface area contributed by atoms with Crippen molar-refractivity contribution in [3.8, 4) is 17.6 Å². The average Bonchev–Trinajstić information content (AvgIpc) is 3.31. The van der Waals surface area contributed by atoms with Gasteiger partial charge < -0.3 is 9.47 Å². The topological polar surface area (TPSA) is 72.2 Å². The number of carbonyl (C=O) groups is 1. The van der Waals surface area contributed by atoms with Gasteiger partial charge in [0.2, 0.25) is 0 Å². The van der Waals surface area contributed by atoms with E-state index in [-0.39, 0.29) is 5.75 Å². The van der Waals surface area contributed by atoms with Crippen molar-refractivity contribution in [2.45, 2.75) is 0 Å². The molecule has 0 aliphatic carbocycles. The molecule has 0 aliphatic heterocycles. The number of carbonyl (C=O) groups excluding carboxylic acids is 1. The molecule has 34 heavy (non-hydrogen) atoms. The van der Waals surface area contributed by atoms with Gasteiger partial charge in [0.15, 0.2) is 11.5 Å². The van der Waals surface area contributed by atoms with Crippen LogP contribution in [-0.4, -0.2) is 18.1 Å². The number of nitriles is 1. The predicted molar refractivity (Wildman–Crippen MR) is 135 cm³/mol. The van der Waals surface area contributed by atoms with Crippen LogP contribution in [0.2, 0.25) is 0 Å². The molecule has 4 aromatic carbocycles. The third-order valence-corrected chi connectivity index (χ3v) is 6.43. The van der Waals surface area contributed by atoms with Crippen molar-refractivity contribution in [3.63, 3.8) is 0 Å². The van der Waals surface area contributed by atoms with Gasteiger partial charge in [-0.2, -0.15) is 5.26 Å². The monoisotopic (exact) mass is 462 g/mol. The van der Waals surface area contributed by atoms with E-state index in [1.165, 1.54) is 18.4 Å². The summed E-state index contributed by atoms with van der Waals surface area (Å²) in [7, 11) is 1.52. The van der Waals surface area contributed by atoms with Crippen LogP contribution in [0.25, 0.3) is 32.6 Å². The predicted octanol–water partition coefficient (Wildman–Crippen LogP) is 6.74. The van der Waals surface area contributed by atoms with Gasteiger partial charge >= 0.3 is 5.97 Å². The molecular weight excluding hydrogens is 444 g/mol. The Labute approximate surface area is 200 Å². The first-order valence-corrected chi connectivity index (χ1v) is 11.3. The molecule has 0 spiro atoms. The summed E-state index contributed by atoms with van der Waals surface area (Å²) in [6, 6.07) is 28.4. The van der Waals surface area contributed by atoms with Crippen LogP contribution < -0.4 is 9.47 Å². The minimum atomic E-state index is -0.483. The number of esters is 1. The maximum atomic E-state index is 13.1. The van der Waals surface area contributed by atoms with Gasteiger partial charge in [-0.05, 0) is 52.7 Å². The molecule has 0 aliphatic rings. The minimum Gasteiger partial charge on any atom is -0.493 e. The molecule has 5 nitrogen and oxygen atoms in total. The summed E-state index contributed by atoms with van der Waals surface area (Å²) in [6.45, 7) is 0. The van der Waals surface area contributed by atoms with Crippen LogP contribution in [0.15, 0.2) is 84.9 Å². The van der Waals surface area contributed by atoms with E-state index in [0.29, 0.717) is 27.5 Å². The molecule has 0 bridgehead atoms. The summed E-state index contributed by atoms with van der Waals surface area (Å²) in [5.74, 6) is 0.211. The fourth-order valence-electron chi connectivity index (χ4n) is 3.72. The Morgan fingerprint density at radius 2 is 1.76 bits per heavy atom. The van der Waals surface area contributed by atoms with Crippen LogP contribution in [-0.2, 0) is 0 Å². The normalized spacial score (nSPS) is 11.4. The van der Waals surface area contributed by atoms with Crippen molar-refractivity contribution in [2.75, 3.05) is 7.11 Å². The van der Waals surface area contributed by atoms with E-state index in [2.05, 4.69) is 11.1 Å². The van der Waals surface area contributed by atoms with Crippen LogP contribution in [0.3, 0.4) is 0 Å². The van der Waals surface area contributed by atoms with Crippen molar-refractivity contribution in [1.82, 2.24) is 4.98 Å². The second-order valence-electron chi connectivity index (χ2n) is 7.48. The number of aromatic nitrogens is 1. The molecule has 1 aromatic heterocycles. The van der Waals surface area contributed by atoms with E-state index in [0.717, 1.165) is 21.0 Å². The molecule has 164 valence electrons. The van der Waals surface area contributed by atoms with E-state index >= 15 is 0 Å². The Morgan fingerprint density at radius 1 is 0.971 bits per heavy atom. The zero-order valence-electron chi connectivity index (χ0n) is 18.2. The quantitative estimate of drug-likeness (QED) is 0.164. The molecule has 5 aromatic rings. The van der Waals surface area contributed by atoms with Gasteiger partial charge in [-0.1, -0.05) is 54.6 Å². The fourth-order valence-corrected chi connectivity index (χ4v) is 4.65. The van der Waals surface area contributed by atoms with Crippen molar-refractivity contribution >= 4 is 49.9 Å². The summed E-state index contributed by atoms with van der Waals surface area (Å²) in [6.07, 6.45) is 1.73. The highest BCUT2D eigenvalue weighted by Crippen LogP contribution is 2.33. The zero-order valence-corrected chi connectivity index (χ0v) is 19.0. The summed E-state index contributed by atoms with van der Waals surface area (Å²) in [4.78, 5) is 17.6. The lowest BCUT2D eigenvalue weighted by atomic mass is 10.0. The molecule has 5 rings (SSSR count). The summed E-state index contributed by atoms with van der Waals surface area (Å²) < 4.78 is 12.2. The van der Waals surface area contributed by atoms with Gasteiger partial charge in [-0.25, -0.2) is 9.78 Å². The number of hydrogen-bond donors (Lipinski definition) is 0. The van der Waals surface area contributed by atoms with Crippen molar-refractivity contribution in [3.05, 3.63) is 101 Å². The van der Waals surface area contributed by atoms with Crippen LogP contribution in [0.1, 0.15) is 20.9 Å². The highest BCUT2D eigenvalue weighted by Gasteiger charge is 2.16. The minimum absolute atomic E-state index is 0.274. The van der Waals surface area contributed by atoms with E-state index in [9.17, 15) is 10.1 Å². The zero-order chi connectivity index (χ0) is 23.5. The number of thiazole rings is 1. The molecule has 0 unspecified atom stereocenters. The molecule has 1 heterocycles. The molecule has 6 heteroatoms. The van der Waals surface area contributed by atoms with Gasteiger partial charge in [-0.15, -0.1) is 11.3 Å². The van der Waals surface area contributed by atoms with Crippen LogP contribution >= 0.6 is 11.3 Å². The standard InChI is InChI=1S/C28H18N2O3S/c1-32-24-14-13-18(15-20(17-29)27-30-23-11-4-5-12-26(23)34-27)16-25(24)33-28(31)22-10-6-8-19-7-2-3-9-21(19)22/h2-16H,1H3. The summed E-state index contributed by atoms with van der Waals surface area (Å²) in [5, 5.41) is 12.2. The molecule has 0 radical (unpaired) electrons. The first-order valence-electron chi connectivity index (χ1n) is 10.5. The molecule has 0 saturated carbocycles. The average molecular weight is 463 g/mol. The SMILES string of the molecule is COc1ccc(C=C(C#N)c2nc3ccccc3s2)cc1OC(=O)c1cccc2ccccc12. The number of benzene rings is 4. The lowest BCUT2D eigenvalue weighted by molar-refractivity contribution is 0.0732. The van der Waals surface area contributed by atoms with Gasteiger partial charge in [-0.3, -0.25) is 0 Å². The first-order chi connectivity index (χ1) is 16.7. The van der Waals surface area contributed by atoms with E-state index in [1.807, 2.05) is 60.7 Å². The number of allylic oxidation sites excluding steroid dienone is 1. The molecule has 0 atom stereocenters. The number of ether oxygens (including phenoxy) is 2. The van der Waals surface area contributed by atoms with Crippen molar-refractivity contribution in [1.29, 1.82) is 5.26 Å². The summed E-state index contributed by atoms with van der Waals surface area (Å²) in [5.41, 5.74) is 2.44. The Balaban J connectivity index is 1.49. The number of methoxy groups -OCH3 is 1. The molecule has 0 amide bonds. The Bertz CT molecular complexity index is 1570. The number of para-hydroxylation sites is 1. The molecule has 0 saturated heterocycles. The van der Waals surface area contributed by atoms with Crippen LogP contribution in [0.5, 0.6) is 11.5 Å². The lowest BCUT2D eigenvalue weighted by Gasteiger charge is -2.11. The Morgan fingerprint density at radius 3 is 2.59 bits per heavy atom. The van der Waals surface area contributed by atoms with Gasteiger partial charge in [0.05, 0.1) is 28.5 Å². The second kappa shape index (κ2) is 9.18. The molecular formula is C28H18N2O3S. The first kappa shape index (κ1) is 21.4. The number of hydrogen-bond acceptors (Lipinski definition) is 6. The van der Waals surface area contributed by atoms with E-state index in [1.54, 1.807) is 30.3 Å². The Hall–Kier alpha value is -4.47. The highest BCUT2D eigenvalue weighted by molar-refractivity contribution is 7.19. The lowest BCUT2D eigenvalue weighted by Crippen LogP contribution is -2.10. The van der Waals surface area contributed by atoms with E-state index in [4.69, 9.17) is 9.47 Å². The molecule has 0 N–H and O–H groups in total. The maximum Gasteiger partial charge on any atom is 0.344 e. The van der Waals surface area contributed by atoms with Crippen LogP contribution in [0, 0.1) is 11.3 Å². The maximum absolute atomic E-state index is 13.1. The largest absolute Gasteiger partial charge is 0.493 e. The third-order valence-electron chi connectivity index (χ3n) is 5.36. The second-order valence-corrected chi connectivity index (χ2v) is 8.51. The van der Waals surface area contributed by atoms with Gasteiger partial charge in [0, 0.05) is 0 Å². The third kappa shape index (κ3) is 4.13. The number of rotatable bonds is 5. The van der Waals surface area contributed by atoms with Crippen molar-refractivity contribution in [2.24, 2.45) is 0 Å². The highest BCUT2D eigenvalue weighted by atomic mass is 32.1. The fraction of sp³-hybridized carbons (Fsp3) is 0.0357.